The molecule has 1 aliphatic heterocycles. The largest absolute Gasteiger partial charge is 0.338 e. The Morgan fingerprint density at radius 1 is 0.930 bits per heavy atom. The summed E-state index contributed by atoms with van der Waals surface area (Å²) in [6.45, 7) is 6.78. The fraction of sp³-hybridized carbons (Fsp3) is 0.265. The highest BCUT2D eigenvalue weighted by atomic mass is 32.2. The van der Waals surface area contributed by atoms with Crippen LogP contribution in [0.15, 0.2) is 89.8 Å². The molecule has 0 radical (unpaired) electrons. The van der Waals surface area contributed by atoms with Gasteiger partial charge in [0.25, 0.3) is 5.91 Å². The van der Waals surface area contributed by atoms with Crippen molar-refractivity contribution in [3.63, 3.8) is 0 Å². The third kappa shape index (κ3) is 7.18. The lowest BCUT2D eigenvalue weighted by Crippen LogP contribution is -2.50. The molecule has 5 N–H and O–H groups in total. The van der Waals surface area contributed by atoms with Crippen LogP contribution in [0.5, 0.6) is 0 Å². The van der Waals surface area contributed by atoms with Gasteiger partial charge in [0.05, 0.1) is 12.2 Å². The number of thioether (sulfide) groups is 1. The van der Waals surface area contributed by atoms with Gasteiger partial charge in [0.15, 0.2) is 5.37 Å². The molecular weight excluding hydrogens is 558 g/mol. The summed E-state index contributed by atoms with van der Waals surface area (Å²) in [5, 5.41) is 9.92. The molecule has 0 saturated heterocycles. The van der Waals surface area contributed by atoms with Gasteiger partial charge in [-0.15, -0.1) is 0 Å². The molecule has 8 nitrogen and oxygen atoms in total. The number of nitrogens with one attached hydrogen (secondary N) is 3. The van der Waals surface area contributed by atoms with E-state index in [1.807, 2.05) is 91.9 Å². The summed E-state index contributed by atoms with van der Waals surface area (Å²) in [5.74, 6) is -0.437. The first-order valence-electron chi connectivity index (χ1n) is 14.4. The van der Waals surface area contributed by atoms with Gasteiger partial charge in [0.1, 0.15) is 0 Å². The van der Waals surface area contributed by atoms with E-state index in [0.717, 1.165) is 43.6 Å². The molecule has 1 atom stereocenters. The summed E-state index contributed by atoms with van der Waals surface area (Å²) in [7, 11) is 0. The molecule has 0 fully saturated rings. The predicted octanol–water partition coefficient (Wildman–Crippen LogP) is 5.53. The number of rotatable bonds is 9. The lowest BCUT2D eigenvalue weighted by atomic mass is 9.98. The number of anilines is 1. The molecule has 4 aromatic rings. The lowest BCUT2D eigenvalue weighted by molar-refractivity contribution is -0.126. The predicted molar refractivity (Wildman–Crippen MR) is 174 cm³/mol. The molecule has 1 aliphatic rings. The van der Waals surface area contributed by atoms with Gasteiger partial charge in [-0.1, -0.05) is 90.6 Å². The number of nitrogens with two attached hydrogens (primary N) is 1. The van der Waals surface area contributed by atoms with Crippen molar-refractivity contribution in [3.05, 3.63) is 96.1 Å². The Bertz CT molecular complexity index is 1650. The standard InChI is InChI=1S/C34H37N5O3S/c1-4-36-33(42)37-20-25-10-6-7-11-26(25)24-15-13-22(14-16-24)21-39-28-18-17-23-9-5-8-12-27(23)30(28)43-31(32(39)41)38-29(40)19-34(2,3)35/h5-18,31H,4,19-21,35H2,1-3H3,(H,38,40)(H2,36,37,42). The van der Waals surface area contributed by atoms with Crippen LogP contribution in [-0.2, 0) is 22.7 Å². The first-order valence-corrected chi connectivity index (χ1v) is 15.3. The van der Waals surface area contributed by atoms with E-state index in [2.05, 4.69) is 16.0 Å². The summed E-state index contributed by atoms with van der Waals surface area (Å²) >= 11 is 1.38. The van der Waals surface area contributed by atoms with E-state index in [9.17, 15) is 14.4 Å². The number of hydrogen-bond donors (Lipinski definition) is 4. The SMILES string of the molecule is CCNC(=O)NCc1ccccc1-c1ccc(CN2C(=O)C(NC(=O)CC(C)(C)N)Sc3c2ccc2ccccc32)cc1. The molecule has 9 heteroatoms. The maximum atomic E-state index is 13.9. The second-order valence-corrected chi connectivity index (χ2v) is 12.5. The Morgan fingerprint density at radius 2 is 1.65 bits per heavy atom. The molecule has 1 unspecified atom stereocenters. The Balaban J connectivity index is 1.41. The summed E-state index contributed by atoms with van der Waals surface area (Å²) < 4.78 is 0. The molecule has 5 rings (SSSR count). The minimum atomic E-state index is -0.767. The smallest absolute Gasteiger partial charge is 0.315 e. The van der Waals surface area contributed by atoms with E-state index in [1.54, 1.807) is 18.7 Å². The zero-order chi connectivity index (χ0) is 30.6. The molecule has 4 amide bonds. The normalized spacial score (nSPS) is 14.7. The summed E-state index contributed by atoms with van der Waals surface area (Å²) in [6.07, 6.45) is 0.113. The van der Waals surface area contributed by atoms with Gasteiger partial charge in [-0.25, -0.2) is 4.79 Å². The molecular formula is C34H37N5O3S. The van der Waals surface area contributed by atoms with Gasteiger partial charge in [-0.2, -0.15) is 0 Å². The number of urea groups is 1. The molecule has 0 bridgehead atoms. The highest BCUT2D eigenvalue weighted by Crippen LogP contribution is 2.43. The first kappa shape index (κ1) is 30.1. The molecule has 0 aliphatic carbocycles. The molecule has 0 spiro atoms. The fourth-order valence-electron chi connectivity index (χ4n) is 5.19. The molecule has 0 saturated carbocycles. The van der Waals surface area contributed by atoms with Crippen LogP contribution in [0, 0.1) is 0 Å². The second kappa shape index (κ2) is 12.9. The lowest BCUT2D eigenvalue weighted by Gasteiger charge is -2.35. The highest BCUT2D eigenvalue weighted by molar-refractivity contribution is 8.01. The zero-order valence-electron chi connectivity index (χ0n) is 24.6. The van der Waals surface area contributed by atoms with Crippen molar-refractivity contribution in [1.82, 2.24) is 16.0 Å². The Labute approximate surface area is 256 Å². The number of nitrogens with zero attached hydrogens (tertiary/aromatic N) is 1. The van der Waals surface area contributed by atoms with Crippen LogP contribution < -0.4 is 26.6 Å². The van der Waals surface area contributed by atoms with Gasteiger partial charge in [0, 0.05) is 29.9 Å². The van der Waals surface area contributed by atoms with Crippen LogP contribution in [0.2, 0.25) is 0 Å². The average Bonchev–Trinajstić information content (AvgIpc) is 2.98. The number of fused-ring (bicyclic) bond motifs is 3. The van der Waals surface area contributed by atoms with Crippen LogP contribution in [0.3, 0.4) is 0 Å². The van der Waals surface area contributed by atoms with Gasteiger partial charge < -0.3 is 26.6 Å². The topological polar surface area (TPSA) is 117 Å². The van der Waals surface area contributed by atoms with Crippen LogP contribution in [0.25, 0.3) is 21.9 Å². The Kier molecular flexibility index (Phi) is 9.03. The van der Waals surface area contributed by atoms with E-state index in [1.165, 1.54) is 11.8 Å². The van der Waals surface area contributed by atoms with Gasteiger partial charge in [-0.3, -0.25) is 9.59 Å². The summed E-state index contributed by atoms with van der Waals surface area (Å²) in [4.78, 5) is 41.3. The van der Waals surface area contributed by atoms with Gasteiger partial charge in [-0.05, 0) is 59.9 Å². The van der Waals surface area contributed by atoms with Crippen LogP contribution >= 0.6 is 11.8 Å². The number of hydrogen-bond acceptors (Lipinski definition) is 5. The molecule has 0 aromatic heterocycles. The minimum Gasteiger partial charge on any atom is -0.338 e. The first-order chi connectivity index (χ1) is 20.6. The second-order valence-electron chi connectivity index (χ2n) is 11.4. The third-order valence-corrected chi connectivity index (χ3v) is 8.40. The van der Waals surface area contributed by atoms with Crippen LogP contribution in [-0.4, -0.2) is 35.3 Å². The van der Waals surface area contributed by atoms with E-state index in [-0.39, 0.29) is 24.3 Å². The molecule has 4 aromatic carbocycles. The fourth-order valence-corrected chi connectivity index (χ4v) is 6.45. The monoisotopic (exact) mass is 595 g/mol. The quantitative estimate of drug-likeness (QED) is 0.203. The van der Waals surface area contributed by atoms with Crippen LogP contribution in [0.4, 0.5) is 10.5 Å². The number of carbonyl (C=O) groups is 3. The summed E-state index contributed by atoms with van der Waals surface area (Å²) in [6, 6.07) is 27.9. The number of benzene rings is 4. The zero-order valence-corrected chi connectivity index (χ0v) is 25.5. The van der Waals surface area contributed by atoms with Crippen LogP contribution in [0.1, 0.15) is 38.3 Å². The molecule has 1 heterocycles. The van der Waals surface area contributed by atoms with Crippen molar-refractivity contribution < 1.29 is 14.4 Å². The van der Waals surface area contributed by atoms with Crippen molar-refractivity contribution in [3.8, 4) is 11.1 Å². The van der Waals surface area contributed by atoms with Gasteiger partial charge >= 0.3 is 6.03 Å². The Morgan fingerprint density at radius 3 is 2.40 bits per heavy atom. The van der Waals surface area contributed by atoms with Crippen molar-refractivity contribution in [2.75, 3.05) is 11.4 Å². The van der Waals surface area contributed by atoms with E-state index < -0.39 is 10.9 Å². The van der Waals surface area contributed by atoms with Crippen molar-refractivity contribution >= 4 is 46.1 Å². The minimum absolute atomic E-state index is 0.113. The number of carbonyl (C=O) groups excluding carboxylic acids is 3. The average molecular weight is 596 g/mol. The van der Waals surface area contributed by atoms with Gasteiger partial charge in [0.2, 0.25) is 5.91 Å². The van der Waals surface area contributed by atoms with E-state index in [0.29, 0.717) is 19.6 Å². The van der Waals surface area contributed by atoms with E-state index in [4.69, 9.17) is 5.73 Å². The van der Waals surface area contributed by atoms with Crippen molar-refractivity contribution in [2.45, 2.75) is 56.1 Å². The van der Waals surface area contributed by atoms with Crippen molar-refractivity contribution in [1.29, 1.82) is 0 Å². The molecule has 43 heavy (non-hydrogen) atoms. The Hall–Kier alpha value is -4.34. The highest BCUT2D eigenvalue weighted by Gasteiger charge is 2.36. The maximum absolute atomic E-state index is 13.9. The van der Waals surface area contributed by atoms with Crippen molar-refractivity contribution in [2.24, 2.45) is 5.73 Å². The molecule has 222 valence electrons. The summed E-state index contributed by atoms with van der Waals surface area (Å²) in [5.41, 5.74) is 10.2. The van der Waals surface area contributed by atoms with E-state index >= 15 is 0 Å². The third-order valence-electron chi connectivity index (χ3n) is 7.18. The maximum Gasteiger partial charge on any atom is 0.315 e. The number of amides is 4.